The van der Waals surface area contributed by atoms with Crippen molar-refractivity contribution in [2.24, 2.45) is 10.7 Å². The normalized spacial score (nSPS) is 9.91. The highest BCUT2D eigenvalue weighted by Crippen LogP contribution is 1.86. The molecule has 0 amide bonds. The topological polar surface area (TPSA) is 50.4 Å². The molecule has 3 nitrogen and oxygen atoms in total. The summed E-state index contributed by atoms with van der Waals surface area (Å²) in [5.74, 6) is 0. The molecule has 0 fully saturated rings. The van der Waals surface area contributed by atoms with E-state index in [9.17, 15) is 0 Å². The molecule has 0 spiro atoms. The van der Waals surface area contributed by atoms with Gasteiger partial charge < -0.3 is 16.0 Å². The van der Waals surface area contributed by atoms with Gasteiger partial charge in [-0.3, -0.25) is 0 Å². The van der Waals surface area contributed by atoms with Gasteiger partial charge in [0.15, 0.2) is 0 Å². The summed E-state index contributed by atoms with van der Waals surface area (Å²) in [6, 6.07) is 0. The minimum atomic E-state index is 0.779. The molecule has 0 aliphatic rings. The highest BCUT2D eigenvalue weighted by atomic mass is 14.8. The van der Waals surface area contributed by atoms with Gasteiger partial charge in [0.25, 0.3) is 0 Å². The molecular formula is C8H19N3. The molecule has 0 aromatic rings. The quantitative estimate of drug-likeness (QED) is 0.396. The number of hydrogen-bond acceptors (Lipinski definition) is 3. The van der Waals surface area contributed by atoms with Crippen LogP contribution >= 0.6 is 0 Å². The maximum atomic E-state index is 5.33. The zero-order valence-electron chi connectivity index (χ0n) is 7.18. The molecule has 0 aliphatic heterocycles. The fourth-order valence-electron chi connectivity index (χ4n) is 0.826. The molecule has 0 saturated carbocycles. The number of nitrogens with one attached hydrogen (secondary N) is 1. The summed E-state index contributed by atoms with van der Waals surface area (Å²) in [5.41, 5.74) is 5.33. The Morgan fingerprint density at radius 3 is 2.55 bits per heavy atom. The van der Waals surface area contributed by atoms with Crippen molar-refractivity contribution in [3.05, 3.63) is 0 Å². The van der Waals surface area contributed by atoms with Crippen molar-refractivity contribution >= 4 is 6.72 Å². The zero-order valence-corrected chi connectivity index (χ0v) is 7.18. The van der Waals surface area contributed by atoms with Crippen LogP contribution in [0.5, 0.6) is 0 Å². The molecule has 0 bridgehead atoms. The summed E-state index contributed by atoms with van der Waals surface area (Å²) in [7, 11) is 0. The number of nitrogens with zero attached hydrogens (tertiary/aromatic N) is 1. The number of hydrogen-bond donors (Lipinski definition) is 2. The van der Waals surface area contributed by atoms with Gasteiger partial charge in [-0.25, -0.2) is 0 Å². The van der Waals surface area contributed by atoms with Gasteiger partial charge in [-0.05, 0) is 45.6 Å². The van der Waals surface area contributed by atoms with Gasteiger partial charge in [0.1, 0.15) is 0 Å². The van der Waals surface area contributed by atoms with Gasteiger partial charge in [0, 0.05) is 6.54 Å². The van der Waals surface area contributed by atoms with E-state index in [0.717, 1.165) is 39.0 Å². The van der Waals surface area contributed by atoms with Crippen LogP contribution in [-0.4, -0.2) is 32.9 Å². The first-order valence-corrected chi connectivity index (χ1v) is 4.25. The molecule has 0 rings (SSSR count). The van der Waals surface area contributed by atoms with E-state index >= 15 is 0 Å². The van der Waals surface area contributed by atoms with Crippen LogP contribution in [0.2, 0.25) is 0 Å². The van der Waals surface area contributed by atoms with Crippen molar-refractivity contribution in [2.75, 3.05) is 26.2 Å². The van der Waals surface area contributed by atoms with Crippen LogP contribution in [0.25, 0.3) is 0 Å². The third kappa shape index (κ3) is 9.59. The van der Waals surface area contributed by atoms with Crippen molar-refractivity contribution in [1.29, 1.82) is 0 Å². The molecule has 0 unspecified atom stereocenters. The molecule has 3 N–H and O–H groups in total. The monoisotopic (exact) mass is 157 g/mol. The Balaban J connectivity index is 2.74. The summed E-state index contributed by atoms with van der Waals surface area (Å²) >= 11 is 0. The summed E-state index contributed by atoms with van der Waals surface area (Å²) in [6.45, 7) is 7.21. The third-order valence-electron chi connectivity index (χ3n) is 1.48. The second kappa shape index (κ2) is 9.59. The molecule has 3 heteroatoms. The lowest BCUT2D eigenvalue weighted by Gasteiger charge is -2.01. The Morgan fingerprint density at radius 1 is 1.18 bits per heavy atom. The molecular weight excluding hydrogens is 138 g/mol. The van der Waals surface area contributed by atoms with Gasteiger partial charge in [-0.2, -0.15) is 0 Å². The van der Waals surface area contributed by atoms with E-state index < -0.39 is 0 Å². The van der Waals surface area contributed by atoms with Crippen molar-refractivity contribution in [1.82, 2.24) is 5.32 Å². The predicted molar refractivity (Wildman–Crippen MR) is 50.2 cm³/mol. The average molecular weight is 157 g/mol. The van der Waals surface area contributed by atoms with Crippen molar-refractivity contribution in [3.63, 3.8) is 0 Å². The highest BCUT2D eigenvalue weighted by molar-refractivity contribution is 5.22. The fourth-order valence-corrected chi connectivity index (χ4v) is 0.826. The molecule has 66 valence electrons. The van der Waals surface area contributed by atoms with E-state index in [1.165, 1.54) is 6.42 Å². The second-order valence-electron chi connectivity index (χ2n) is 2.55. The second-order valence-corrected chi connectivity index (χ2v) is 2.55. The Morgan fingerprint density at radius 2 is 1.91 bits per heavy atom. The molecule has 0 heterocycles. The van der Waals surface area contributed by atoms with E-state index in [1.54, 1.807) is 0 Å². The van der Waals surface area contributed by atoms with Gasteiger partial charge in [0.05, 0.1) is 0 Å². The van der Waals surface area contributed by atoms with E-state index in [-0.39, 0.29) is 0 Å². The van der Waals surface area contributed by atoms with Crippen molar-refractivity contribution in [3.8, 4) is 0 Å². The molecule has 11 heavy (non-hydrogen) atoms. The lowest BCUT2D eigenvalue weighted by atomic mass is 10.3. The van der Waals surface area contributed by atoms with E-state index in [0.29, 0.717) is 0 Å². The van der Waals surface area contributed by atoms with Crippen LogP contribution < -0.4 is 11.1 Å². The van der Waals surface area contributed by atoms with Crippen LogP contribution in [-0.2, 0) is 0 Å². The number of unbranched alkanes of at least 4 members (excludes halogenated alkanes) is 1. The van der Waals surface area contributed by atoms with Crippen LogP contribution in [0.1, 0.15) is 19.3 Å². The van der Waals surface area contributed by atoms with Gasteiger partial charge >= 0.3 is 0 Å². The third-order valence-corrected chi connectivity index (χ3v) is 1.48. The van der Waals surface area contributed by atoms with Crippen molar-refractivity contribution < 1.29 is 0 Å². The Labute approximate surface area is 69.1 Å². The molecule has 0 radical (unpaired) electrons. The lowest BCUT2D eigenvalue weighted by Crippen LogP contribution is -2.19. The van der Waals surface area contributed by atoms with E-state index in [2.05, 4.69) is 17.0 Å². The maximum absolute atomic E-state index is 5.33. The van der Waals surface area contributed by atoms with Gasteiger partial charge in [-0.1, -0.05) is 0 Å². The van der Waals surface area contributed by atoms with E-state index in [1.807, 2.05) is 0 Å². The average Bonchev–Trinajstić information content (AvgIpc) is 2.03. The first kappa shape index (κ1) is 10.6. The standard InChI is InChI=1S/C8H19N3/c1-10-6-2-3-7-11-8-4-5-9/h11H,1-9H2. The summed E-state index contributed by atoms with van der Waals surface area (Å²) < 4.78 is 0. The Kier molecular flexibility index (Phi) is 9.23. The summed E-state index contributed by atoms with van der Waals surface area (Å²) in [5, 5.41) is 3.30. The molecule has 0 saturated heterocycles. The lowest BCUT2D eigenvalue weighted by molar-refractivity contribution is 0.611. The summed E-state index contributed by atoms with van der Waals surface area (Å²) in [4.78, 5) is 3.77. The first-order valence-electron chi connectivity index (χ1n) is 4.25. The molecule has 0 aromatic carbocycles. The molecule has 0 aromatic heterocycles. The number of nitrogens with two attached hydrogens (primary N) is 1. The number of rotatable bonds is 8. The highest BCUT2D eigenvalue weighted by Gasteiger charge is 1.86. The van der Waals surface area contributed by atoms with Crippen LogP contribution in [0.3, 0.4) is 0 Å². The Bertz CT molecular complexity index is 83.4. The van der Waals surface area contributed by atoms with Crippen LogP contribution in [0.4, 0.5) is 0 Å². The van der Waals surface area contributed by atoms with E-state index in [4.69, 9.17) is 5.73 Å². The van der Waals surface area contributed by atoms with Crippen molar-refractivity contribution in [2.45, 2.75) is 19.3 Å². The minimum Gasteiger partial charge on any atom is -0.330 e. The molecule has 0 atom stereocenters. The van der Waals surface area contributed by atoms with Gasteiger partial charge in [0.2, 0.25) is 0 Å². The van der Waals surface area contributed by atoms with Crippen LogP contribution in [0, 0.1) is 0 Å². The minimum absolute atomic E-state index is 0.779. The smallest absolute Gasteiger partial charge is 0.0382 e. The Hall–Kier alpha value is -0.410. The SMILES string of the molecule is C=NCCCCNCCCN. The fraction of sp³-hybridized carbons (Fsp3) is 0.875. The maximum Gasteiger partial charge on any atom is 0.0382 e. The predicted octanol–water partition coefficient (Wildman–Crippen LogP) is 0.406. The first-order chi connectivity index (χ1) is 5.41. The largest absolute Gasteiger partial charge is 0.330 e. The van der Waals surface area contributed by atoms with Gasteiger partial charge in [-0.15, -0.1) is 0 Å². The summed E-state index contributed by atoms with van der Waals surface area (Å²) in [6.07, 6.45) is 3.39. The van der Waals surface area contributed by atoms with Crippen LogP contribution in [0.15, 0.2) is 4.99 Å². The number of aliphatic imine (C=N–C) groups is 1. The molecule has 0 aliphatic carbocycles. The zero-order chi connectivity index (χ0) is 8.36.